The van der Waals surface area contributed by atoms with E-state index in [1.165, 1.54) is 11.1 Å². The molecule has 1 aliphatic rings. The van der Waals surface area contributed by atoms with E-state index in [0.29, 0.717) is 26.2 Å². The molecule has 1 amide bonds. The summed E-state index contributed by atoms with van der Waals surface area (Å²) in [6.45, 7) is 1.05. The van der Waals surface area contributed by atoms with E-state index in [2.05, 4.69) is 5.16 Å². The minimum atomic E-state index is -0.377. The molecule has 108 valence electrons. The van der Waals surface area contributed by atoms with E-state index >= 15 is 0 Å². The Morgan fingerprint density at radius 2 is 2.25 bits per heavy atom. The van der Waals surface area contributed by atoms with Crippen LogP contribution in [0.2, 0.25) is 0 Å². The molecular weight excluding hydrogens is 260 g/mol. The van der Waals surface area contributed by atoms with Gasteiger partial charge in [-0.05, 0) is 12.0 Å². The Kier molecular flexibility index (Phi) is 5.37. The molecule has 1 heterocycles. The van der Waals surface area contributed by atoms with E-state index < -0.39 is 0 Å². The molecule has 0 aromatic heterocycles. The van der Waals surface area contributed by atoms with Gasteiger partial charge in [0.25, 0.3) is 0 Å². The first-order valence-electron chi connectivity index (χ1n) is 6.53. The normalized spacial score (nSPS) is 18.6. The molecule has 1 fully saturated rings. The maximum absolute atomic E-state index is 11.5. The fourth-order valence-electron chi connectivity index (χ4n) is 1.96. The molecule has 1 atom stereocenters. The first-order chi connectivity index (χ1) is 9.81. The van der Waals surface area contributed by atoms with E-state index in [1.807, 2.05) is 30.3 Å². The number of aliphatic hydroxyl groups is 1. The van der Waals surface area contributed by atoms with Crippen molar-refractivity contribution in [3.8, 4) is 0 Å². The van der Waals surface area contributed by atoms with Gasteiger partial charge in [0.05, 0.1) is 18.8 Å². The van der Waals surface area contributed by atoms with Crippen LogP contribution >= 0.6 is 0 Å². The topological polar surface area (TPSA) is 71.4 Å². The van der Waals surface area contributed by atoms with Gasteiger partial charge in [0.15, 0.2) is 0 Å². The van der Waals surface area contributed by atoms with Crippen molar-refractivity contribution >= 4 is 12.3 Å². The number of benzene rings is 1. The average molecular weight is 278 g/mol. The second-order valence-corrected chi connectivity index (χ2v) is 4.44. The van der Waals surface area contributed by atoms with Crippen LogP contribution in [0.5, 0.6) is 0 Å². The highest BCUT2D eigenvalue weighted by molar-refractivity contribution is 5.74. The zero-order valence-corrected chi connectivity index (χ0v) is 11.1. The highest BCUT2D eigenvalue weighted by Crippen LogP contribution is 2.13. The van der Waals surface area contributed by atoms with Crippen molar-refractivity contribution < 1.29 is 19.5 Å². The summed E-state index contributed by atoms with van der Waals surface area (Å²) in [6, 6.07) is 9.61. The Morgan fingerprint density at radius 3 is 3.00 bits per heavy atom. The van der Waals surface area contributed by atoms with Crippen LogP contribution in [0.3, 0.4) is 0 Å². The number of carbonyl (C=O) groups excluding carboxylic acids is 1. The van der Waals surface area contributed by atoms with Gasteiger partial charge in [-0.15, -0.1) is 0 Å². The highest BCUT2D eigenvalue weighted by Gasteiger charge is 2.31. The largest absolute Gasteiger partial charge is 0.447 e. The maximum Gasteiger partial charge on any atom is 0.410 e. The fraction of sp³-hybridized carbons (Fsp3) is 0.429. The standard InChI is InChI=1S/C14H18N2O4/c17-9-6-13-11-19-14(18)16(13)8-7-15-20-10-12-4-2-1-3-5-12/h1-5,7,13,17H,6,8-11H2/b15-7+/t13-/m0/s1. The Hall–Kier alpha value is -2.08. The lowest BCUT2D eigenvalue weighted by molar-refractivity contribution is 0.130. The molecule has 1 saturated heterocycles. The third-order valence-corrected chi connectivity index (χ3v) is 3.04. The number of hydrogen-bond donors (Lipinski definition) is 1. The number of hydrogen-bond acceptors (Lipinski definition) is 5. The molecule has 1 aliphatic heterocycles. The van der Waals surface area contributed by atoms with Crippen molar-refractivity contribution in [1.29, 1.82) is 0 Å². The Bertz CT molecular complexity index is 450. The highest BCUT2D eigenvalue weighted by atomic mass is 16.6. The zero-order valence-electron chi connectivity index (χ0n) is 11.1. The summed E-state index contributed by atoms with van der Waals surface area (Å²) < 4.78 is 4.93. The van der Waals surface area contributed by atoms with Gasteiger partial charge in [-0.3, -0.25) is 4.90 Å². The van der Waals surface area contributed by atoms with Crippen LogP contribution in [0.15, 0.2) is 35.5 Å². The number of carbonyl (C=O) groups is 1. The van der Waals surface area contributed by atoms with Crippen LogP contribution in [0.25, 0.3) is 0 Å². The van der Waals surface area contributed by atoms with E-state index in [9.17, 15) is 4.79 Å². The Morgan fingerprint density at radius 1 is 1.45 bits per heavy atom. The summed E-state index contributed by atoms with van der Waals surface area (Å²) in [5.41, 5.74) is 1.03. The van der Waals surface area contributed by atoms with Crippen molar-refractivity contribution in [2.75, 3.05) is 19.8 Å². The smallest absolute Gasteiger partial charge is 0.410 e. The third kappa shape index (κ3) is 3.96. The second kappa shape index (κ2) is 7.49. The molecule has 0 bridgehead atoms. The van der Waals surface area contributed by atoms with Crippen LogP contribution in [0.4, 0.5) is 4.79 Å². The molecule has 6 nitrogen and oxygen atoms in total. The predicted octanol–water partition coefficient (Wildman–Crippen LogP) is 1.39. The van der Waals surface area contributed by atoms with Gasteiger partial charge >= 0.3 is 6.09 Å². The summed E-state index contributed by atoms with van der Waals surface area (Å²) in [4.78, 5) is 18.1. The Balaban J connectivity index is 1.73. The van der Waals surface area contributed by atoms with E-state index in [4.69, 9.17) is 14.7 Å². The average Bonchev–Trinajstić information content (AvgIpc) is 2.81. The summed E-state index contributed by atoms with van der Waals surface area (Å²) >= 11 is 0. The number of cyclic esters (lactones) is 1. The third-order valence-electron chi connectivity index (χ3n) is 3.04. The van der Waals surface area contributed by atoms with Gasteiger partial charge in [-0.1, -0.05) is 35.5 Å². The molecule has 20 heavy (non-hydrogen) atoms. The van der Waals surface area contributed by atoms with Crippen molar-refractivity contribution in [2.45, 2.75) is 19.1 Å². The lowest BCUT2D eigenvalue weighted by Gasteiger charge is -2.17. The number of rotatable bonds is 7. The van der Waals surface area contributed by atoms with E-state index in [0.717, 1.165) is 5.56 Å². The number of ether oxygens (including phenoxy) is 1. The number of aliphatic hydroxyl groups excluding tert-OH is 1. The lowest BCUT2D eigenvalue weighted by atomic mass is 10.2. The van der Waals surface area contributed by atoms with Crippen molar-refractivity contribution in [3.05, 3.63) is 35.9 Å². The van der Waals surface area contributed by atoms with Crippen molar-refractivity contribution in [3.63, 3.8) is 0 Å². The van der Waals surface area contributed by atoms with Crippen LogP contribution in [-0.4, -0.2) is 48.1 Å². The molecule has 6 heteroatoms. The molecule has 2 rings (SSSR count). The second-order valence-electron chi connectivity index (χ2n) is 4.44. The van der Waals surface area contributed by atoms with Crippen LogP contribution in [-0.2, 0) is 16.2 Å². The van der Waals surface area contributed by atoms with E-state index in [1.54, 1.807) is 0 Å². The molecule has 1 aromatic rings. The van der Waals surface area contributed by atoms with Gasteiger partial charge in [-0.25, -0.2) is 4.79 Å². The van der Waals surface area contributed by atoms with Crippen LogP contribution in [0.1, 0.15) is 12.0 Å². The van der Waals surface area contributed by atoms with Gasteiger partial charge in [0.2, 0.25) is 0 Å². The number of nitrogens with zero attached hydrogens (tertiary/aromatic N) is 2. The molecule has 0 radical (unpaired) electrons. The van der Waals surface area contributed by atoms with E-state index in [-0.39, 0.29) is 18.7 Å². The van der Waals surface area contributed by atoms with Crippen molar-refractivity contribution in [1.82, 2.24) is 4.90 Å². The first-order valence-corrected chi connectivity index (χ1v) is 6.53. The molecule has 0 saturated carbocycles. The van der Waals surface area contributed by atoms with Crippen molar-refractivity contribution in [2.24, 2.45) is 5.16 Å². The first kappa shape index (κ1) is 14.3. The minimum absolute atomic E-state index is 0.0272. The zero-order chi connectivity index (χ0) is 14.2. The summed E-state index contributed by atoms with van der Waals surface area (Å²) in [5, 5.41) is 12.7. The molecule has 0 aliphatic carbocycles. The molecule has 1 N–H and O–H groups in total. The van der Waals surface area contributed by atoms with Crippen LogP contribution in [0, 0.1) is 0 Å². The van der Waals surface area contributed by atoms with Crippen LogP contribution < -0.4 is 0 Å². The summed E-state index contributed by atoms with van der Waals surface area (Å²) in [5.74, 6) is 0. The fourth-order valence-corrected chi connectivity index (χ4v) is 1.96. The van der Waals surface area contributed by atoms with Gasteiger partial charge in [0, 0.05) is 6.61 Å². The van der Waals surface area contributed by atoms with Gasteiger partial charge < -0.3 is 14.7 Å². The molecular formula is C14H18N2O4. The number of oxime groups is 1. The van der Waals surface area contributed by atoms with Gasteiger partial charge in [0.1, 0.15) is 13.2 Å². The monoisotopic (exact) mass is 278 g/mol. The summed E-state index contributed by atoms with van der Waals surface area (Å²) in [6.07, 6.45) is 1.66. The molecule has 1 aromatic carbocycles. The minimum Gasteiger partial charge on any atom is -0.447 e. The summed E-state index contributed by atoms with van der Waals surface area (Å²) in [7, 11) is 0. The Labute approximate surface area is 117 Å². The van der Waals surface area contributed by atoms with Gasteiger partial charge in [-0.2, -0.15) is 0 Å². The molecule has 0 unspecified atom stereocenters. The number of amides is 1. The predicted molar refractivity (Wildman–Crippen MR) is 73.3 cm³/mol. The SMILES string of the molecule is O=C1OC[C@H](CCO)N1C/C=N/OCc1ccccc1. The maximum atomic E-state index is 11.5. The molecule has 0 spiro atoms. The lowest BCUT2D eigenvalue weighted by Crippen LogP contribution is -2.35. The quantitative estimate of drug-likeness (QED) is 0.604.